The molecule has 0 saturated carbocycles. The van der Waals surface area contributed by atoms with Crippen LogP contribution < -0.4 is 16.0 Å². The molecule has 2 amide bonds. The largest absolute Gasteiger partial charge is 0.383 e. The lowest BCUT2D eigenvalue weighted by atomic mass is 10.2. The number of hydrogen-bond acceptors (Lipinski definition) is 4. The molecule has 1 aromatic rings. The third kappa shape index (κ3) is 7.08. The molecule has 1 rings (SSSR count). The van der Waals surface area contributed by atoms with Gasteiger partial charge in [0.1, 0.15) is 0 Å². The van der Waals surface area contributed by atoms with Gasteiger partial charge in [0.2, 0.25) is 11.8 Å². The third-order valence-corrected chi connectivity index (χ3v) is 2.93. The molecule has 116 valence electrons. The molecular formula is C14H20ClN3O3. The Morgan fingerprint density at radius 1 is 1.24 bits per heavy atom. The van der Waals surface area contributed by atoms with E-state index in [4.69, 9.17) is 16.3 Å². The molecule has 0 unspecified atom stereocenters. The van der Waals surface area contributed by atoms with E-state index in [2.05, 4.69) is 16.0 Å². The second-order valence-corrected chi connectivity index (χ2v) is 4.88. The van der Waals surface area contributed by atoms with E-state index in [1.807, 2.05) is 13.0 Å². The van der Waals surface area contributed by atoms with Gasteiger partial charge in [-0.15, -0.1) is 0 Å². The molecule has 0 saturated heterocycles. The molecule has 0 aromatic heterocycles. The molecular weight excluding hydrogens is 294 g/mol. The summed E-state index contributed by atoms with van der Waals surface area (Å²) < 4.78 is 4.84. The zero-order valence-corrected chi connectivity index (χ0v) is 12.9. The number of aryl methyl sites for hydroxylation is 1. The topological polar surface area (TPSA) is 79.5 Å². The van der Waals surface area contributed by atoms with Crippen LogP contribution in [0.15, 0.2) is 18.2 Å². The van der Waals surface area contributed by atoms with Gasteiger partial charge in [0.15, 0.2) is 0 Å². The average molecular weight is 314 g/mol. The lowest BCUT2D eigenvalue weighted by molar-refractivity contribution is -0.123. The summed E-state index contributed by atoms with van der Waals surface area (Å²) in [5.41, 5.74) is 1.54. The smallest absolute Gasteiger partial charge is 0.243 e. The van der Waals surface area contributed by atoms with Crippen molar-refractivity contribution in [2.24, 2.45) is 0 Å². The molecule has 21 heavy (non-hydrogen) atoms. The Morgan fingerprint density at radius 3 is 2.67 bits per heavy atom. The van der Waals surface area contributed by atoms with Crippen molar-refractivity contribution >= 4 is 29.1 Å². The highest BCUT2D eigenvalue weighted by Crippen LogP contribution is 2.22. The van der Waals surface area contributed by atoms with Crippen molar-refractivity contribution in [2.45, 2.75) is 6.92 Å². The summed E-state index contributed by atoms with van der Waals surface area (Å²) in [6, 6.07) is 5.33. The van der Waals surface area contributed by atoms with Gasteiger partial charge in [0.25, 0.3) is 0 Å². The van der Waals surface area contributed by atoms with E-state index < -0.39 is 0 Å². The Kier molecular flexibility index (Phi) is 7.74. The minimum atomic E-state index is -0.328. The number of nitrogens with one attached hydrogen (secondary N) is 3. The molecule has 0 aliphatic carbocycles. The highest BCUT2D eigenvalue weighted by Gasteiger charge is 2.07. The molecule has 0 aliphatic rings. The molecule has 3 N–H and O–H groups in total. The van der Waals surface area contributed by atoms with Crippen LogP contribution in [0.1, 0.15) is 5.56 Å². The van der Waals surface area contributed by atoms with Crippen LogP contribution in [0.5, 0.6) is 0 Å². The van der Waals surface area contributed by atoms with Crippen LogP contribution in [0, 0.1) is 6.92 Å². The summed E-state index contributed by atoms with van der Waals surface area (Å²) in [6.07, 6.45) is 0. The molecule has 0 fully saturated rings. The van der Waals surface area contributed by atoms with Gasteiger partial charge in [0.05, 0.1) is 30.4 Å². The van der Waals surface area contributed by atoms with Gasteiger partial charge in [0, 0.05) is 13.7 Å². The van der Waals surface area contributed by atoms with Crippen LogP contribution in [-0.4, -0.2) is 45.2 Å². The number of amides is 2. The monoisotopic (exact) mass is 313 g/mol. The molecule has 0 atom stereocenters. The van der Waals surface area contributed by atoms with Crippen LogP contribution >= 0.6 is 11.6 Å². The minimum Gasteiger partial charge on any atom is -0.383 e. The van der Waals surface area contributed by atoms with E-state index >= 15 is 0 Å². The van der Waals surface area contributed by atoms with Crippen LogP contribution in [0.4, 0.5) is 5.69 Å². The minimum absolute atomic E-state index is 0.102. The maximum absolute atomic E-state index is 11.7. The van der Waals surface area contributed by atoms with Crippen LogP contribution in [0.3, 0.4) is 0 Å². The van der Waals surface area contributed by atoms with E-state index in [9.17, 15) is 9.59 Å². The van der Waals surface area contributed by atoms with Gasteiger partial charge in [-0.25, -0.2) is 0 Å². The quantitative estimate of drug-likeness (QED) is 0.624. The van der Waals surface area contributed by atoms with Gasteiger partial charge in [-0.2, -0.15) is 0 Å². The first kappa shape index (κ1) is 17.4. The number of ether oxygens (including phenoxy) is 1. The maximum atomic E-state index is 11.7. The number of halogens is 1. The fourth-order valence-electron chi connectivity index (χ4n) is 1.53. The van der Waals surface area contributed by atoms with Crippen molar-refractivity contribution in [2.75, 3.05) is 38.7 Å². The van der Waals surface area contributed by atoms with Crippen LogP contribution in [0.2, 0.25) is 5.02 Å². The number of rotatable bonds is 8. The standard InChI is InChI=1S/C14H20ClN3O3/c1-10-3-4-12(11(15)7-10)18-14(20)9-17-13(19)8-16-5-6-21-2/h3-4,7,16H,5-6,8-9H2,1-2H3,(H,17,19)(H,18,20). The zero-order chi connectivity index (χ0) is 15.7. The Morgan fingerprint density at radius 2 is 2.00 bits per heavy atom. The van der Waals surface area contributed by atoms with Crippen molar-refractivity contribution in [1.82, 2.24) is 10.6 Å². The van der Waals surface area contributed by atoms with Crippen molar-refractivity contribution in [1.29, 1.82) is 0 Å². The van der Waals surface area contributed by atoms with E-state index in [0.29, 0.717) is 23.9 Å². The summed E-state index contributed by atoms with van der Waals surface area (Å²) in [5, 5.41) is 8.51. The average Bonchev–Trinajstić information content (AvgIpc) is 2.44. The Bertz CT molecular complexity index is 494. The van der Waals surface area contributed by atoms with Gasteiger partial charge in [-0.05, 0) is 24.6 Å². The van der Waals surface area contributed by atoms with Crippen molar-refractivity contribution in [3.63, 3.8) is 0 Å². The molecule has 0 heterocycles. The summed E-state index contributed by atoms with van der Waals surface area (Å²) in [4.78, 5) is 23.2. The molecule has 0 radical (unpaired) electrons. The molecule has 0 bridgehead atoms. The van der Waals surface area contributed by atoms with Gasteiger partial charge in [-0.1, -0.05) is 17.7 Å². The Balaban J connectivity index is 2.29. The third-order valence-electron chi connectivity index (χ3n) is 2.61. The fraction of sp³-hybridized carbons (Fsp3) is 0.429. The van der Waals surface area contributed by atoms with Crippen LogP contribution in [0.25, 0.3) is 0 Å². The summed E-state index contributed by atoms with van der Waals surface area (Å²) in [5.74, 6) is -0.581. The zero-order valence-electron chi connectivity index (χ0n) is 12.2. The molecule has 0 spiro atoms. The second kappa shape index (κ2) is 9.33. The summed E-state index contributed by atoms with van der Waals surface area (Å²) >= 11 is 6.01. The lowest BCUT2D eigenvalue weighted by Crippen LogP contribution is -2.39. The van der Waals surface area contributed by atoms with Crippen molar-refractivity contribution in [3.8, 4) is 0 Å². The normalized spacial score (nSPS) is 10.2. The number of methoxy groups -OCH3 is 1. The first-order valence-corrected chi connectivity index (χ1v) is 6.93. The van der Waals surface area contributed by atoms with E-state index in [-0.39, 0.29) is 24.9 Å². The van der Waals surface area contributed by atoms with E-state index in [1.54, 1.807) is 19.2 Å². The van der Waals surface area contributed by atoms with E-state index in [1.165, 1.54) is 0 Å². The molecule has 0 aliphatic heterocycles. The first-order valence-electron chi connectivity index (χ1n) is 6.55. The predicted octanol–water partition coefficient (Wildman–Crippen LogP) is 0.939. The van der Waals surface area contributed by atoms with Gasteiger partial charge >= 0.3 is 0 Å². The molecule has 7 heteroatoms. The number of hydrogen-bond donors (Lipinski definition) is 3. The summed E-state index contributed by atoms with van der Waals surface area (Å²) in [6.45, 7) is 3.06. The number of carbonyl (C=O) groups excluding carboxylic acids is 2. The predicted molar refractivity (Wildman–Crippen MR) is 82.6 cm³/mol. The SMILES string of the molecule is COCCNCC(=O)NCC(=O)Nc1ccc(C)cc1Cl. The first-order chi connectivity index (χ1) is 10.0. The lowest BCUT2D eigenvalue weighted by Gasteiger charge is -2.09. The highest BCUT2D eigenvalue weighted by atomic mass is 35.5. The van der Waals surface area contributed by atoms with Crippen molar-refractivity contribution < 1.29 is 14.3 Å². The van der Waals surface area contributed by atoms with Gasteiger partial charge in [-0.3, -0.25) is 9.59 Å². The molecule has 1 aromatic carbocycles. The van der Waals surface area contributed by atoms with E-state index in [0.717, 1.165) is 5.56 Å². The number of benzene rings is 1. The second-order valence-electron chi connectivity index (χ2n) is 4.48. The van der Waals surface area contributed by atoms with Crippen LogP contribution in [-0.2, 0) is 14.3 Å². The maximum Gasteiger partial charge on any atom is 0.243 e. The Hall–Kier alpha value is -1.63. The molecule has 6 nitrogen and oxygen atoms in total. The number of carbonyl (C=O) groups is 2. The highest BCUT2D eigenvalue weighted by molar-refractivity contribution is 6.33. The summed E-state index contributed by atoms with van der Waals surface area (Å²) in [7, 11) is 1.59. The Labute approximate surface area is 129 Å². The van der Waals surface area contributed by atoms with Gasteiger partial charge < -0.3 is 20.7 Å². The fourth-order valence-corrected chi connectivity index (χ4v) is 1.82. The number of anilines is 1. The van der Waals surface area contributed by atoms with Crippen molar-refractivity contribution in [3.05, 3.63) is 28.8 Å².